The van der Waals surface area contributed by atoms with Crippen molar-refractivity contribution in [2.75, 3.05) is 17.2 Å². The predicted molar refractivity (Wildman–Crippen MR) is 125 cm³/mol. The molecule has 0 fully saturated rings. The van der Waals surface area contributed by atoms with Crippen LogP contribution in [0.5, 0.6) is 5.75 Å². The zero-order valence-electron chi connectivity index (χ0n) is 19.0. The number of alkyl halides is 3. The lowest BCUT2D eigenvalue weighted by atomic mass is 9.95. The van der Waals surface area contributed by atoms with Crippen molar-refractivity contribution < 1.29 is 22.7 Å². The van der Waals surface area contributed by atoms with Gasteiger partial charge < -0.3 is 20.7 Å². The molecule has 2 heterocycles. The first-order valence-electron chi connectivity index (χ1n) is 10.8. The van der Waals surface area contributed by atoms with Crippen LogP contribution in [0.1, 0.15) is 36.3 Å². The molecule has 1 atom stereocenters. The van der Waals surface area contributed by atoms with E-state index in [1.165, 1.54) is 25.4 Å². The second kappa shape index (κ2) is 10.1. The van der Waals surface area contributed by atoms with Gasteiger partial charge in [0.2, 0.25) is 11.9 Å². The van der Waals surface area contributed by atoms with E-state index >= 15 is 0 Å². The molecule has 1 unspecified atom stereocenters. The summed E-state index contributed by atoms with van der Waals surface area (Å²) in [4.78, 5) is 24.5. The van der Waals surface area contributed by atoms with Gasteiger partial charge in [-0.15, -0.1) is 13.2 Å². The van der Waals surface area contributed by atoms with E-state index in [-0.39, 0.29) is 17.7 Å². The summed E-state index contributed by atoms with van der Waals surface area (Å²) in [5.74, 6) is 0.450. The molecular formula is C24H23F3N6O2. The highest BCUT2D eigenvalue weighted by molar-refractivity contribution is 5.90. The molecule has 1 amide bonds. The zero-order valence-corrected chi connectivity index (χ0v) is 19.0. The van der Waals surface area contributed by atoms with Crippen molar-refractivity contribution >= 4 is 28.8 Å². The first-order chi connectivity index (χ1) is 16.7. The first-order valence-corrected chi connectivity index (χ1v) is 10.8. The van der Waals surface area contributed by atoms with Gasteiger partial charge in [0.15, 0.2) is 5.82 Å². The van der Waals surface area contributed by atoms with E-state index in [1.807, 2.05) is 31.2 Å². The molecule has 0 saturated heterocycles. The predicted octanol–water partition coefficient (Wildman–Crippen LogP) is 4.90. The fourth-order valence-electron chi connectivity index (χ4n) is 3.74. The van der Waals surface area contributed by atoms with Gasteiger partial charge in [0.05, 0.1) is 6.04 Å². The second-order valence-electron chi connectivity index (χ2n) is 7.92. The van der Waals surface area contributed by atoms with E-state index in [2.05, 4.69) is 35.6 Å². The van der Waals surface area contributed by atoms with E-state index in [9.17, 15) is 18.0 Å². The average molecular weight is 484 g/mol. The topological polar surface area (TPSA) is 101 Å². The molecule has 1 aromatic heterocycles. The molecule has 35 heavy (non-hydrogen) atoms. The zero-order chi connectivity index (χ0) is 25.0. The lowest BCUT2D eigenvalue weighted by molar-refractivity contribution is -0.274. The molecule has 0 radical (unpaired) electrons. The van der Waals surface area contributed by atoms with Crippen LogP contribution in [0.3, 0.4) is 0 Å². The van der Waals surface area contributed by atoms with Crippen LogP contribution in [0.25, 0.3) is 5.57 Å². The van der Waals surface area contributed by atoms with Crippen molar-refractivity contribution in [1.29, 1.82) is 0 Å². The lowest BCUT2D eigenvalue weighted by Crippen LogP contribution is -2.27. The average Bonchev–Trinajstić information content (AvgIpc) is 2.81. The quantitative estimate of drug-likeness (QED) is 0.458. The number of ether oxygens (including phenoxy) is 1. The number of halogens is 3. The number of amides is 1. The molecule has 1 aliphatic heterocycles. The van der Waals surface area contributed by atoms with Crippen molar-refractivity contribution in [1.82, 2.24) is 20.3 Å². The third-order valence-electron chi connectivity index (χ3n) is 5.39. The van der Waals surface area contributed by atoms with E-state index < -0.39 is 6.36 Å². The van der Waals surface area contributed by atoms with E-state index in [0.717, 1.165) is 22.4 Å². The van der Waals surface area contributed by atoms with Crippen molar-refractivity contribution in [2.45, 2.75) is 32.7 Å². The van der Waals surface area contributed by atoms with Gasteiger partial charge in [-0.1, -0.05) is 24.3 Å². The summed E-state index contributed by atoms with van der Waals surface area (Å²) >= 11 is 0. The van der Waals surface area contributed by atoms with Crippen LogP contribution < -0.4 is 20.7 Å². The Labute approximate surface area is 199 Å². The minimum atomic E-state index is -4.73. The van der Waals surface area contributed by atoms with Gasteiger partial charge in [-0.2, -0.15) is 4.98 Å². The number of carbonyl (C=O) groups excluding carboxylic acids is 1. The molecular weight excluding hydrogens is 461 g/mol. The van der Waals surface area contributed by atoms with Crippen LogP contribution in [0, 0.1) is 6.92 Å². The molecule has 4 rings (SSSR count). The smallest absolute Gasteiger partial charge is 0.406 e. The normalized spacial score (nSPS) is 15.8. The van der Waals surface area contributed by atoms with Gasteiger partial charge in [0.1, 0.15) is 12.1 Å². The number of aromatic nitrogens is 3. The van der Waals surface area contributed by atoms with E-state index in [4.69, 9.17) is 0 Å². The number of hydrogen-bond donors (Lipinski definition) is 3. The van der Waals surface area contributed by atoms with E-state index in [0.29, 0.717) is 30.4 Å². The molecule has 8 nitrogen and oxygen atoms in total. The molecule has 3 N–H and O–H groups in total. The van der Waals surface area contributed by atoms with Gasteiger partial charge in [-0.25, -0.2) is 9.97 Å². The fourth-order valence-corrected chi connectivity index (χ4v) is 3.74. The molecule has 0 saturated carbocycles. The van der Waals surface area contributed by atoms with Gasteiger partial charge in [0.25, 0.3) is 0 Å². The Morgan fingerprint density at radius 1 is 1.11 bits per heavy atom. The summed E-state index contributed by atoms with van der Waals surface area (Å²) in [5.41, 5.74) is 4.02. The summed E-state index contributed by atoms with van der Waals surface area (Å²) in [6, 6.07) is 11.1. The Morgan fingerprint density at radius 2 is 1.86 bits per heavy atom. The highest BCUT2D eigenvalue weighted by Gasteiger charge is 2.31. The monoisotopic (exact) mass is 484 g/mol. The Kier molecular flexibility index (Phi) is 6.97. The van der Waals surface area contributed by atoms with Crippen LogP contribution in [0.15, 0.2) is 54.9 Å². The number of rotatable bonds is 6. The Balaban J connectivity index is 1.47. The molecule has 2 aromatic carbocycles. The molecule has 11 heteroatoms. The lowest BCUT2D eigenvalue weighted by Gasteiger charge is -2.24. The van der Waals surface area contributed by atoms with Gasteiger partial charge >= 0.3 is 6.36 Å². The number of nitrogens with zero attached hydrogens (tertiary/aromatic N) is 3. The van der Waals surface area contributed by atoms with Crippen molar-refractivity contribution in [3.63, 3.8) is 0 Å². The maximum absolute atomic E-state index is 12.4. The van der Waals surface area contributed by atoms with Crippen LogP contribution >= 0.6 is 0 Å². The van der Waals surface area contributed by atoms with Crippen molar-refractivity contribution in [3.8, 4) is 5.75 Å². The molecule has 0 spiro atoms. The third kappa shape index (κ3) is 6.33. The summed E-state index contributed by atoms with van der Waals surface area (Å²) in [6.45, 7) is 3.87. The van der Waals surface area contributed by atoms with E-state index in [1.54, 1.807) is 12.1 Å². The standard InChI is InChI=1S/C24H23F3N6O2/c1-14-19(31-15(2)34)4-3-5-20(14)32-23-30-13-29-22(33-23)21-12-17(10-11-28-21)16-6-8-18(9-7-16)35-24(25,26)27/h3-10,13,21,28H,11-12H2,1-2H3,(H,31,34)(H,29,30,32,33). The van der Waals surface area contributed by atoms with Gasteiger partial charge in [-0.3, -0.25) is 4.79 Å². The fraction of sp³-hybridized carbons (Fsp3) is 0.250. The van der Waals surface area contributed by atoms with Crippen LogP contribution in [0.4, 0.5) is 30.5 Å². The number of nitrogens with one attached hydrogen (secondary N) is 3. The van der Waals surface area contributed by atoms with Gasteiger partial charge in [-0.05, 0) is 54.3 Å². The number of benzene rings is 2. The first kappa shape index (κ1) is 24.1. The highest BCUT2D eigenvalue weighted by Crippen LogP contribution is 2.31. The van der Waals surface area contributed by atoms with Crippen molar-refractivity contribution in [2.24, 2.45) is 0 Å². The minimum Gasteiger partial charge on any atom is -0.406 e. The largest absolute Gasteiger partial charge is 0.573 e. The molecule has 0 aliphatic carbocycles. The summed E-state index contributed by atoms with van der Waals surface area (Å²) in [6.07, 6.45) is -0.789. The molecule has 182 valence electrons. The Hall–Kier alpha value is -3.99. The molecule has 3 aromatic rings. The molecule has 0 bridgehead atoms. The van der Waals surface area contributed by atoms with Crippen LogP contribution in [-0.4, -0.2) is 33.8 Å². The second-order valence-corrected chi connectivity index (χ2v) is 7.92. The third-order valence-corrected chi connectivity index (χ3v) is 5.39. The molecule has 1 aliphatic rings. The number of anilines is 3. The maximum Gasteiger partial charge on any atom is 0.573 e. The summed E-state index contributed by atoms with van der Waals surface area (Å²) in [5, 5.41) is 9.29. The van der Waals surface area contributed by atoms with Crippen LogP contribution in [-0.2, 0) is 4.79 Å². The Morgan fingerprint density at radius 3 is 2.57 bits per heavy atom. The number of carbonyl (C=O) groups is 1. The Bertz CT molecular complexity index is 1240. The highest BCUT2D eigenvalue weighted by atomic mass is 19.4. The number of hydrogen-bond acceptors (Lipinski definition) is 7. The van der Waals surface area contributed by atoms with Gasteiger partial charge in [0, 0.05) is 24.8 Å². The minimum absolute atomic E-state index is 0.164. The summed E-state index contributed by atoms with van der Waals surface area (Å²) < 4.78 is 41.2. The SMILES string of the molecule is CC(=O)Nc1cccc(Nc2ncnc(C3CC(c4ccc(OC(F)(F)F)cc4)=CCN3)n2)c1C. The van der Waals surface area contributed by atoms with Crippen LogP contribution in [0.2, 0.25) is 0 Å². The maximum atomic E-state index is 12.4. The van der Waals surface area contributed by atoms with Crippen molar-refractivity contribution in [3.05, 3.63) is 71.8 Å². The summed E-state index contributed by atoms with van der Waals surface area (Å²) in [7, 11) is 0.